The van der Waals surface area contributed by atoms with Crippen molar-refractivity contribution in [3.8, 4) is 0 Å². The predicted molar refractivity (Wildman–Crippen MR) is 96.5 cm³/mol. The standard InChI is InChI=1S/C18H27BrN2O2/c1-12-8-9-13(14(19)10-12)11-20-15-6-5-7-16(15)21-17(22)23-18(2,3)4/h8-10,15-16,20H,5-7,11H2,1-4H3,(H,21,22). The van der Waals surface area contributed by atoms with E-state index in [1.165, 1.54) is 11.1 Å². The summed E-state index contributed by atoms with van der Waals surface area (Å²) in [6.45, 7) is 8.52. The average molecular weight is 383 g/mol. The summed E-state index contributed by atoms with van der Waals surface area (Å²) in [7, 11) is 0. The first-order valence-corrected chi connectivity index (χ1v) is 9.02. The van der Waals surface area contributed by atoms with Gasteiger partial charge in [-0.2, -0.15) is 0 Å². The Labute approximate surface area is 147 Å². The Bertz CT molecular complexity index is 554. The molecular weight excluding hydrogens is 356 g/mol. The van der Waals surface area contributed by atoms with E-state index in [-0.39, 0.29) is 18.2 Å². The third-order valence-corrected chi connectivity index (χ3v) is 4.72. The van der Waals surface area contributed by atoms with Gasteiger partial charge in [-0.3, -0.25) is 0 Å². The van der Waals surface area contributed by atoms with Crippen LogP contribution in [0.5, 0.6) is 0 Å². The molecule has 2 atom stereocenters. The SMILES string of the molecule is Cc1ccc(CNC2CCCC2NC(=O)OC(C)(C)C)c(Br)c1. The van der Waals surface area contributed by atoms with E-state index in [1.54, 1.807) is 0 Å². The van der Waals surface area contributed by atoms with Crippen molar-refractivity contribution in [2.45, 2.75) is 71.2 Å². The lowest BCUT2D eigenvalue weighted by Crippen LogP contribution is -2.47. The van der Waals surface area contributed by atoms with Crippen LogP contribution < -0.4 is 10.6 Å². The van der Waals surface area contributed by atoms with Crippen molar-refractivity contribution in [1.82, 2.24) is 10.6 Å². The van der Waals surface area contributed by atoms with Gasteiger partial charge in [0.2, 0.25) is 0 Å². The highest BCUT2D eigenvalue weighted by molar-refractivity contribution is 9.10. The molecule has 0 aliphatic heterocycles. The highest BCUT2D eigenvalue weighted by atomic mass is 79.9. The molecule has 1 saturated carbocycles. The molecule has 23 heavy (non-hydrogen) atoms. The van der Waals surface area contributed by atoms with Crippen LogP contribution >= 0.6 is 15.9 Å². The number of carbonyl (C=O) groups excluding carboxylic acids is 1. The van der Waals surface area contributed by atoms with E-state index >= 15 is 0 Å². The van der Waals surface area contributed by atoms with Gasteiger partial charge >= 0.3 is 6.09 Å². The largest absolute Gasteiger partial charge is 0.444 e. The zero-order chi connectivity index (χ0) is 17.0. The summed E-state index contributed by atoms with van der Waals surface area (Å²) in [5, 5.41) is 6.59. The van der Waals surface area contributed by atoms with Crippen LogP contribution in [0, 0.1) is 6.92 Å². The fourth-order valence-corrected chi connectivity index (χ4v) is 3.51. The minimum Gasteiger partial charge on any atom is -0.444 e. The van der Waals surface area contributed by atoms with E-state index in [1.807, 2.05) is 20.8 Å². The van der Waals surface area contributed by atoms with E-state index in [0.29, 0.717) is 0 Å². The summed E-state index contributed by atoms with van der Waals surface area (Å²) in [6.07, 6.45) is 2.86. The third kappa shape index (κ3) is 5.81. The van der Waals surface area contributed by atoms with Crippen molar-refractivity contribution < 1.29 is 9.53 Å². The first-order chi connectivity index (χ1) is 10.7. The van der Waals surface area contributed by atoms with Crippen molar-refractivity contribution in [3.05, 3.63) is 33.8 Å². The van der Waals surface area contributed by atoms with E-state index in [0.717, 1.165) is 30.3 Å². The zero-order valence-corrected chi connectivity index (χ0v) is 16.0. The molecule has 0 aromatic heterocycles. The lowest BCUT2D eigenvalue weighted by Gasteiger charge is -2.25. The summed E-state index contributed by atoms with van der Waals surface area (Å²) in [4.78, 5) is 12.0. The van der Waals surface area contributed by atoms with Crippen LogP contribution in [0.3, 0.4) is 0 Å². The number of halogens is 1. The number of ether oxygens (including phenoxy) is 1. The zero-order valence-electron chi connectivity index (χ0n) is 14.4. The summed E-state index contributed by atoms with van der Waals surface area (Å²) in [6, 6.07) is 6.80. The fraction of sp³-hybridized carbons (Fsp3) is 0.611. The Hall–Kier alpha value is -1.07. The Morgan fingerprint density at radius 3 is 2.65 bits per heavy atom. The molecule has 1 aliphatic rings. The molecule has 1 fully saturated rings. The van der Waals surface area contributed by atoms with E-state index < -0.39 is 5.60 Å². The molecule has 0 bridgehead atoms. The molecule has 1 aromatic rings. The van der Waals surface area contributed by atoms with Gasteiger partial charge < -0.3 is 15.4 Å². The maximum Gasteiger partial charge on any atom is 0.407 e. The highest BCUT2D eigenvalue weighted by Crippen LogP contribution is 2.22. The van der Waals surface area contributed by atoms with E-state index in [4.69, 9.17) is 4.74 Å². The predicted octanol–water partition coefficient (Wildman–Crippen LogP) is 4.29. The van der Waals surface area contributed by atoms with Crippen LogP contribution in [0.1, 0.15) is 51.2 Å². The second kappa shape index (κ2) is 7.67. The number of hydrogen-bond donors (Lipinski definition) is 2. The number of aryl methyl sites for hydroxylation is 1. The number of nitrogens with one attached hydrogen (secondary N) is 2. The van der Waals surface area contributed by atoms with Crippen LogP contribution in [-0.2, 0) is 11.3 Å². The first kappa shape index (κ1) is 18.3. The molecule has 4 nitrogen and oxygen atoms in total. The quantitative estimate of drug-likeness (QED) is 0.816. The van der Waals surface area contributed by atoms with Gasteiger partial charge in [0, 0.05) is 23.1 Å². The molecule has 0 spiro atoms. The number of benzene rings is 1. The first-order valence-electron chi connectivity index (χ1n) is 8.22. The van der Waals surface area contributed by atoms with Crippen LogP contribution in [0.2, 0.25) is 0 Å². The van der Waals surface area contributed by atoms with Crippen molar-refractivity contribution in [3.63, 3.8) is 0 Å². The number of amides is 1. The Morgan fingerprint density at radius 2 is 2.00 bits per heavy atom. The molecule has 1 amide bonds. The minimum atomic E-state index is -0.460. The van der Waals surface area contributed by atoms with Gasteiger partial charge in [0.15, 0.2) is 0 Å². The summed E-state index contributed by atoms with van der Waals surface area (Å²) < 4.78 is 6.48. The Balaban J connectivity index is 1.88. The second-order valence-corrected chi connectivity index (χ2v) is 8.12. The maximum absolute atomic E-state index is 12.0. The van der Waals surface area contributed by atoms with Crippen molar-refractivity contribution in [2.75, 3.05) is 0 Å². The number of alkyl carbamates (subject to hydrolysis) is 1. The lowest BCUT2D eigenvalue weighted by molar-refractivity contribution is 0.0498. The molecule has 1 aliphatic carbocycles. The lowest BCUT2D eigenvalue weighted by atomic mass is 10.1. The molecule has 5 heteroatoms. The third-order valence-electron chi connectivity index (χ3n) is 3.98. The summed E-state index contributed by atoms with van der Waals surface area (Å²) >= 11 is 3.62. The molecule has 2 N–H and O–H groups in total. The molecular formula is C18H27BrN2O2. The molecule has 128 valence electrons. The van der Waals surface area contributed by atoms with Gasteiger partial charge in [0.05, 0.1) is 0 Å². The van der Waals surface area contributed by atoms with Gasteiger partial charge in [-0.1, -0.05) is 28.1 Å². The number of carbonyl (C=O) groups is 1. The average Bonchev–Trinajstić information content (AvgIpc) is 2.82. The van der Waals surface area contributed by atoms with Crippen LogP contribution in [0.4, 0.5) is 4.79 Å². The van der Waals surface area contributed by atoms with Crippen LogP contribution in [0.25, 0.3) is 0 Å². The number of rotatable bonds is 4. The van der Waals surface area contributed by atoms with Crippen molar-refractivity contribution in [1.29, 1.82) is 0 Å². The second-order valence-electron chi connectivity index (χ2n) is 7.27. The van der Waals surface area contributed by atoms with Gasteiger partial charge in [-0.05, 0) is 64.2 Å². The Morgan fingerprint density at radius 1 is 1.30 bits per heavy atom. The molecule has 2 unspecified atom stereocenters. The molecule has 0 heterocycles. The van der Waals surface area contributed by atoms with E-state index in [2.05, 4.69) is 51.7 Å². The van der Waals surface area contributed by atoms with Crippen molar-refractivity contribution >= 4 is 22.0 Å². The smallest absolute Gasteiger partial charge is 0.407 e. The van der Waals surface area contributed by atoms with Gasteiger partial charge in [0.1, 0.15) is 5.60 Å². The van der Waals surface area contributed by atoms with Gasteiger partial charge in [0.25, 0.3) is 0 Å². The van der Waals surface area contributed by atoms with Gasteiger partial charge in [-0.25, -0.2) is 4.79 Å². The van der Waals surface area contributed by atoms with Gasteiger partial charge in [-0.15, -0.1) is 0 Å². The molecule has 2 rings (SSSR count). The van der Waals surface area contributed by atoms with Crippen molar-refractivity contribution in [2.24, 2.45) is 0 Å². The topological polar surface area (TPSA) is 50.4 Å². The van der Waals surface area contributed by atoms with Crippen LogP contribution in [0.15, 0.2) is 22.7 Å². The molecule has 0 radical (unpaired) electrons. The fourth-order valence-electron chi connectivity index (χ4n) is 2.87. The minimum absolute atomic E-state index is 0.133. The molecule has 0 saturated heterocycles. The maximum atomic E-state index is 12.0. The van der Waals surface area contributed by atoms with Crippen LogP contribution in [-0.4, -0.2) is 23.8 Å². The Kier molecular flexibility index (Phi) is 6.09. The normalized spacial score (nSPS) is 21.3. The monoisotopic (exact) mass is 382 g/mol. The summed E-state index contributed by atoms with van der Waals surface area (Å²) in [5.41, 5.74) is 2.02. The highest BCUT2D eigenvalue weighted by Gasteiger charge is 2.29. The molecule has 1 aromatic carbocycles. The van der Waals surface area contributed by atoms with E-state index in [9.17, 15) is 4.79 Å². The summed E-state index contributed by atoms with van der Waals surface area (Å²) in [5.74, 6) is 0. The number of hydrogen-bond acceptors (Lipinski definition) is 3.